The number of carboxylic acid groups (broad SMARTS) is 1. The van der Waals surface area contributed by atoms with Crippen LogP contribution >= 0.6 is 0 Å². The van der Waals surface area contributed by atoms with E-state index in [9.17, 15) is 9.59 Å². The van der Waals surface area contributed by atoms with Crippen LogP contribution in [0.15, 0.2) is 71.3 Å². The second kappa shape index (κ2) is 11.9. The smallest absolute Gasteiger partial charge is 0.303 e. The van der Waals surface area contributed by atoms with Crippen LogP contribution in [-0.4, -0.2) is 34.5 Å². The number of rotatable bonds is 12. The van der Waals surface area contributed by atoms with Crippen LogP contribution < -0.4 is 4.74 Å². The zero-order valence-electron chi connectivity index (χ0n) is 19.2. The Morgan fingerprint density at radius 1 is 0.970 bits per heavy atom. The summed E-state index contributed by atoms with van der Waals surface area (Å²) in [6, 6.07) is 18.9. The van der Waals surface area contributed by atoms with Gasteiger partial charge in [0.25, 0.3) is 5.91 Å². The lowest BCUT2D eigenvalue weighted by atomic mass is 10.1. The minimum absolute atomic E-state index is 0.00586. The fourth-order valence-corrected chi connectivity index (χ4v) is 3.57. The maximum absolute atomic E-state index is 13.3. The van der Waals surface area contributed by atoms with Gasteiger partial charge >= 0.3 is 5.97 Å². The van der Waals surface area contributed by atoms with Crippen LogP contribution in [0.3, 0.4) is 0 Å². The van der Waals surface area contributed by atoms with Crippen molar-refractivity contribution >= 4 is 11.9 Å². The van der Waals surface area contributed by atoms with Crippen LogP contribution in [0, 0.1) is 0 Å². The van der Waals surface area contributed by atoms with Gasteiger partial charge in [-0.15, -0.1) is 0 Å². The van der Waals surface area contributed by atoms with Crippen molar-refractivity contribution in [3.05, 3.63) is 78.1 Å². The normalized spacial score (nSPS) is 10.9. The number of amides is 1. The molecule has 0 spiro atoms. The molecule has 3 rings (SSSR count). The molecule has 1 amide bonds. The predicted octanol–water partition coefficient (Wildman–Crippen LogP) is 6.02. The average Bonchev–Trinajstić information content (AvgIpc) is 3.35. The van der Waals surface area contributed by atoms with Gasteiger partial charge in [-0.3, -0.25) is 9.59 Å². The lowest BCUT2D eigenvalue weighted by Gasteiger charge is -2.28. The molecule has 33 heavy (non-hydrogen) atoms. The van der Waals surface area contributed by atoms with Gasteiger partial charge in [0, 0.05) is 35.7 Å². The molecule has 0 aliphatic heterocycles. The number of hydrogen-bond donors (Lipinski definition) is 1. The quantitative estimate of drug-likeness (QED) is 0.342. The van der Waals surface area contributed by atoms with Crippen LogP contribution in [0.5, 0.6) is 5.75 Å². The zero-order valence-corrected chi connectivity index (χ0v) is 19.2. The van der Waals surface area contributed by atoms with E-state index in [-0.39, 0.29) is 18.4 Å². The number of benzene rings is 2. The van der Waals surface area contributed by atoms with Crippen molar-refractivity contribution in [2.24, 2.45) is 0 Å². The Labute approximate surface area is 194 Å². The van der Waals surface area contributed by atoms with E-state index < -0.39 is 5.97 Å². The van der Waals surface area contributed by atoms with E-state index in [0.717, 1.165) is 35.5 Å². The van der Waals surface area contributed by atoms with Crippen LogP contribution in [0.25, 0.3) is 11.3 Å². The molecular formula is C27H31NO5. The maximum atomic E-state index is 13.3. The molecule has 0 aliphatic carbocycles. The Morgan fingerprint density at radius 2 is 1.73 bits per heavy atom. The molecule has 0 fully saturated rings. The molecule has 0 saturated heterocycles. The molecule has 0 aliphatic rings. The SMILES string of the molecule is CC(C)N(Cc1ccccc1OCCCCCC(=O)O)C(=O)c1ccc(-c2ccco2)cc1. The van der Waals surface area contributed by atoms with Gasteiger partial charge in [-0.05, 0) is 63.4 Å². The Morgan fingerprint density at radius 3 is 2.39 bits per heavy atom. The monoisotopic (exact) mass is 449 g/mol. The van der Waals surface area contributed by atoms with Gasteiger partial charge in [0.05, 0.1) is 12.9 Å². The van der Waals surface area contributed by atoms with Crippen molar-refractivity contribution in [1.82, 2.24) is 4.90 Å². The topological polar surface area (TPSA) is 80.0 Å². The summed E-state index contributed by atoms with van der Waals surface area (Å²) < 4.78 is 11.4. The minimum atomic E-state index is -0.768. The summed E-state index contributed by atoms with van der Waals surface area (Å²) in [7, 11) is 0. The van der Waals surface area contributed by atoms with E-state index >= 15 is 0 Å². The Hall–Kier alpha value is -3.54. The molecule has 0 saturated carbocycles. The van der Waals surface area contributed by atoms with Crippen LogP contribution in [0.1, 0.15) is 55.5 Å². The molecule has 6 heteroatoms. The molecular weight excluding hydrogens is 418 g/mol. The van der Waals surface area contributed by atoms with E-state index in [1.807, 2.05) is 79.4 Å². The summed E-state index contributed by atoms with van der Waals surface area (Å²) >= 11 is 0. The van der Waals surface area contributed by atoms with E-state index in [1.54, 1.807) is 6.26 Å². The lowest BCUT2D eigenvalue weighted by Crippen LogP contribution is -2.36. The molecule has 0 radical (unpaired) electrons. The third kappa shape index (κ3) is 6.97. The number of nitrogens with zero attached hydrogens (tertiary/aromatic N) is 1. The van der Waals surface area contributed by atoms with Gasteiger partial charge in [-0.25, -0.2) is 0 Å². The largest absolute Gasteiger partial charge is 0.493 e. The molecule has 3 aromatic rings. The summed E-state index contributed by atoms with van der Waals surface area (Å²) in [5.74, 6) is 0.709. The molecule has 0 atom stereocenters. The first-order valence-electron chi connectivity index (χ1n) is 11.3. The molecule has 1 heterocycles. The van der Waals surface area contributed by atoms with E-state index in [2.05, 4.69) is 0 Å². The third-order valence-electron chi connectivity index (χ3n) is 5.43. The standard InChI is InChI=1S/C27H31NO5/c1-20(2)28(27(31)22-15-13-21(14-16-22)24-11-8-18-33-24)19-23-9-5-6-10-25(23)32-17-7-3-4-12-26(29)30/h5-6,8-11,13-16,18,20H,3-4,7,12,17,19H2,1-2H3,(H,29,30). The van der Waals surface area contributed by atoms with Crippen molar-refractivity contribution in [2.75, 3.05) is 6.61 Å². The first-order chi connectivity index (χ1) is 16.0. The van der Waals surface area contributed by atoms with Gasteiger partial charge < -0.3 is 19.2 Å². The molecule has 0 bridgehead atoms. The fourth-order valence-electron chi connectivity index (χ4n) is 3.57. The third-order valence-corrected chi connectivity index (χ3v) is 5.43. The average molecular weight is 450 g/mol. The Bertz CT molecular complexity index is 1020. The Balaban J connectivity index is 1.64. The number of unbranched alkanes of at least 4 members (excludes halogenated alkanes) is 2. The van der Waals surface area contributed by atoms with Gasteiger partial charge in [-0.1, -0.05) is 30.3 Å². The molecule has 1 N–H and O–H groups in total. The van der Waals surface area contributed by atoms with Gasteiger partial charge in [0.15, 0.2) is 0 Å². The van der Waals surface area contributed by atoms with Crippen molar-refractivity contribution < 1.29 is 23.8 Å². The molecule has 1 aromatic heterocycles. The van der Waals surface area contributed by atoms with Crippen LogP contribution in [0.4, 0.5) is 0 Å². The summed E-state index contributed by atoms with van der Waals surface area (Å²) in [6.45, 7) is 4.95. The van der Waals surface area contributed by atoms with Crippen LogP contribution in [0.2, 0.25) is 0 Å². The van der Waals surface area contributed by atoms with Crippen molar-refractivity contribution in [3.63, 3.8) is 0 Å². The highest BCUT2D eigenvalue weighted by Gasteiger charge is 2.21. The number of ether oxygens (including phenoxy) is 1. The highest BCUT2D eigenvalue weighted by atomic mass is 16.5. The molecule has 174 valence electrons. The number of carboxylic acids is 1. The first-order valence-corrected chi connectivity index (χ1v) is 11.3. The first kappa shape index (κ1) is 24.1. The molecule has 2 aromatic carbocycles. The summed E-state index contributed by atoms with van der Waals surface area (Å²) in [5, 5.41) is 8.73. The molecule has 6 nitrogen and oxygen atoms in total. The van der Waals surface area contributed by atoms with Gasteiger partial charge in [0.2, 0.25) is 0 Å². The van der Waals surface area contributed by atoms with Gasteiger partial charge in [0.1, 0.15) is 11.5 Å². The van der Waals surface area contributed by atoms with Crippen molar-refractivity contribution in [2.45, 2.75) is 52.1 Å². The number of carbonyl (C=O) groups is 2. The number of aliphatic carboxylic acids is 1. The second-order valence-electron chi connectivity index (χ2n) is 8.24. The fraction of sp³-hybridized carbons (Fsp3) is 0.333. The highest BCUT2D eigenvalue weighted by Crippen LogP contribution is 2.24. The van der Waals surface area contributed by atoms with Crippen molar-refractivity contribution in [1.29, 1.82) is 0 Å². The number of para-hydroxylation sites is 1. The number of hydrogen-bond acceptors (Lipinski definition) is 4. The van der Waals surface area contributed by atoms with Crippen molar-refractivity contribution in [3.8, 4) is 17.1 Å². The summed E-state index contributed by atoms with van der Waals surface area (Å²) in [4.78, 5) is 25.7. The lowest BCUT2D eigenvalue weighted by molar-refractivity contribution is -0.137. The Kier molecular flexibility index (Phi) is 8.70. The van der Waals surface area contributed by atoms with E-state index in [4.69, 9.17) is 14.3 Å². The van der Waals surface area contributed by atoms with Gasteiger partial charge in [-0.2, -0.15) is 0 Å². The highest BCUT2D eigenvalue weighted by molar-refractivity contribution is 5.94. The predicted molar refractivity (Wildman–Crippen MR) is 127 cm³/mol. The second-order valence-corrected chi connectivity index (χ2v) is 8.24. The van der Waals surface area contributed by atoms with Crippen LogP contribution in [-0.2, 0) is 11.3 Å². The maximum Gasteiger partial charge on any atom is 0.303 e. The number of carbonyl (C=O) groups excluding carboxylic acids is 1. The summed E-state index contributed by atoms with van der Waals surface area (Å²) in [6.07, 6.45) is 4.05. The minimum Gasteiger partial charge on any atom is -0.493 e. The number of furan rings is 1. The molecule has 0 unspecified atom stereocenters. The summed E-state index contributed by atoms with van der Waals surface area (Å²) in [5.41, 5.74) is 2.49. The van der Waals surface area contributed by atoms with E-state index in [1.165, 1.54) is 0 Å². The zero-order chi connectivity index (χ0) is 23.6. The van der Waals surface area contributed by atoms with E-state index in [0.29, 0.717) is 25.1 Å².